The van der Waals surface area contributed by atoms with E-state index in [1.54, 1.807) is 13.8 Å². The molecule has 2 aromatic rings. The highest BCUT2D eigenvalue weighted by atomic mass is 32.2. The Labute approximate surface area is 187 Å². The molecule has 1 atom stereocenters. The summed E-state index contributed by atoms with van der Waals surface area (Å²) in [5, 5.41) is 26.9. The van der Waals surface area contributed by atoms with Crippen molar-refractivity contribution in [3.05, 3.63) is 33.2 Å². The standard InChI is InChI=1S/C13H17N3O.C7H12N2O3S2/c1-7-11(8-5-6-8)15-10-4-2-3-9(10)12(7)16-13(14)17;1-7(2,11)6-9-4(3-10)5(13-6)14(8)12/h8H,2-6H2,1H3,(H3,14,15,16,17);10-11H,3,8H2,1-2H3. The van der Waals surface area contributed by atoms with Crippen molar-refractivity contribution in [1.82, 2.24) is 9.97 Å². The second-order valence-corrected chi connectivity index (χ2v) is 10.6. The SMILES string of the molecule is CC(C)(O)c1nc(CO)c(S(N)=O)s1.Cc1c(C2CC2)nc2c(c1NC(N)=O)CCC2. The van der Waals surface area contributed by atoms with Crippen molar-refractivity contribution in [2.24, 2.45) is 10.9 Å². The van der Waals surface area contributed by atoms with E-state index in [1.807, 2.05) is 6.92 Å². The Morgan fingerprint density at radius 3 is 2.48 bits per heavy atom. The summed E-state index contributed by atoms with van der Waals surface area (Å²) < 4.78 is 11.3. The number of aliphatic hydroxyl groups excluding tert-OH is 1. The van der Waals surface area contributed by atoms with Crippen LogP contribution in [0.1, 0.15) is 72.2 Å². The van der Waals surface area contributed by atoms with Crippen LogP contribution >= 0.6 is 11.3 Å². The number of amides is 2. The average Bonchev–Trinajstić information content (AvgIpc) is 3.24. The number of thiazole rings is 1. The highest BCUT2D eigenvalue weighted by Crippen LogP contribution is 2.44. The Balaban J connectivity index is 0.000000180. The molecule has 1 fully saturated rings. The molecule has 0 spiro atoms. The summed E-state index contributed by atoms with van der Waals surface area (Å²) in [6.07, 6.45) is 5.61. The number of nitrogens with two attached hydrogens (primary N) is 2. The normalized spacial score (nSPS) is 16.3. The summed E-state index contributed by atoms with van der Waals surface area (Å²) in [5.74, 6) is 0.606. The van der Waals surface area contributed by atoms with Crippen LogP contribution in [0.25, 0.3) is 0 Å². The number of aryl methyl sites for hydroxylation is 1. The van der Waals surface area contributed by atoms with E-state index in [1.165, 1.54) is 29.8 Å². The maximum atomic E-state index is 11.1. The van der Waals surface area contributed by atoms with E-state index in [4.69, 9.17) is 21.0 Å². The first-order valence-corrected chi connectivity index (χ1v) is 12.1. The van der Waals surface area contributed by atoms with Crippen LogP contribution in [0, 0.1) is 6.92 Å². The van der Waals surface area contributed by atoms with Crippen LogP contribution in [0.2, 0.25) is 0 Å². The van der Waals surface area contributed by atoms with Gasteiger partial charge in [-0.1, -0.05) is 0 Å². The number of aliphatic hydroxyl groups is 2. The van der Waals surface area contributed by atoms with Crippen LogP contribution in [-0.2, 0) is 36.0 Å². The molecule has 0 bridgehead atoms. The van der Waals surface area contributed by atoms with Crippen molar-refractivity contribution in [3.8, 4) is 0 Å². The van der Waals surface area contributed by atoms with E-state index in [0.29, 0.717) is 15.1 Å². The van der Waals surface area contributed by atoms with Gasteiger partial charge in [-0.15, -0.1) is 11.3 Å². The minimum atomic E-state index is -1.67. The second-order valence-electron chi connectivity index (χ2n) is 8.31. The number of pyridine rings is 1. The molecule has 170 valence electrons. The number of aromatic nitrogens is 2. The van der Waals surface area contributed by atoms with Gasteiger partial charge in [0.25, 0.3) is 0 Å². The fraction of sp³-hybridized carbons (Fsp3) is 0.550. The number of carbonyl (C=O) groups is 1. The smallest absolute Gasteiger partial charge is 0.316 e. The zero-order valence-corrected chi connectivity index (χ0v) is 19.5. The molecule has 2 aliphatic carbocycles. The fourth-order valence-corrected chi connectivity index (χ4v) is 5.32. The van der Waals surface area contributed by atoms with Gasteiger partial charge in [-0.05, 0) is 64.0 Å². The summed E-state index contributed by atoms with van der Waals surface area (Å²) >= 11 is 1.05. The van der Waals surface area contributed by atoms with Gasteiger partial charge < -0.3 is 21.3 Å². The molecule has 9 nitrogen and oxygen atoms in total. The zero-order chi connectivity index (χ0) is 22.9. The lowest BCUT2D eigenvalue weighted by atomic mass is 10.0. The first kappa shape index (κ1) is 23.7. The summed E-state index contributed by atoms with van der Waals surface area (Å²) in [6.45, 7) is 4.85. The Bertz CT molecular complexity index is 1010. The quantitative estimate of drug-likeness (QED) is 0.452. The Kier molecular flexibility index (Phi) is 7.11. The Hall–Kier alpha value is -1.92. The van der Waals surface area contributed by atoms with E-state index < -0.39 is 22.6 Å². The Morgan fingerprint density at radius 2 is 2.00 bits per heavy atom. The molecule has 2 aliphatic rings. The molecule has 31 heavy (non-hydrogen) atoms. The minimum Gasteiger partial charge on any atom is -0.390 e. The lowest BCUT2D eigenvalue weighted by Crippen LogP contribution is -2.21. The fourth-order valence-electron chi connectivity index (χ4n) is 3.61. The van der Waals surface area contributed by atoms with Crippen molar-refractivity contribution >= 4 is 34.0 Å². The molecule has 4 rings (SSSR count). The number of primary amides is 1. The molecule has 2 heterocycles. The number of fused-ring (bicyclic) bond motifs is 1. The first-order valence-electron chi connectivity index (χ1n) is 10.1. The molecule has 0 aromatic carbocycles. The number of nitrogens with zero attached hydrogens (tertiary/aromatic N) is 2. The van der Waals surface area contributed by atoms with Gasteiger partial charge in [-0.2, -0.15) is 0 Å². The number of urea groups is 1. The molecule has 2 aromatic heterocycles. The lowest BCUT2D eigenvalue weighted by molar-refractivity contribution is 0.0779. The van der Waals surface area contributed by atoms with Gasteiger partial charge in [-0.3, -0.25) is 4.98 Å². The molecule has 2 amide bonds. The third-order valence-corrected chi connectivity index (χ3v) is 7.78. The molecule has 0 saturated heterocycles. The van der Waals surface area contributed by atoms with Crippen LogP contribution in [0.4, 0.5) is 10.5 Å². The van der Waals surface area contributed by atoms with Crippen LogP contribution in [0.15, 0.2) is 4.21 Å². The molecule has 0 radical (unpaired) electrons. The van der Waals surface area contributed by atoms with Crippen molar-refractivity contribution < 1.29 is 19.2 Å². The van der Waals surface area contributed by atoms with Crippen LogP contribution in [0.3, 0.4) is 0 Å². The van der Waals surface area contributed by atoms with Gasteiger partial charge in [0.05, 0.1) is 18.0 Å². The molecule has 11 heteroatoms. The molecule has 7 N–H and O–H groups in total. The van der Waals surface area contributed by atoms with Gasteiger partial charge in [0.2, 0.25) is 0 Å². The predicted molar refractivity (Wildman–Crippen MR) is 120 cm³/mol. The number of carbonyl (C=O) groups excluding carboxylic acids is 1. The van der Waals surface area contributed by atoms with Crippen molar-refractivity contribution in [3.63, 3.8) is 0 Å². The maximum absolute atomic E-state index is 11.1. The van der Waals surface area contributed by atoms with Gasteiger partial charge in [0, 0.05) is 17.3 Å². The van der Waals surface area contributed by atoms with Crippen LogP contribution in [0.5, 0.6) is 0 Å². The van der Waals surface area contributed by atoms with E-state index in [2.05, 4.69) is 10.3 Å². The van der Waals surface area contributed by atoms with E-state index >= 15 is 0 Å². The average molecular weight is 468 g/mol. The highest BCUT2D eigenvalue weighted by Gasteiger charge is 2.31. The third kappa shape index (κ3) is 5.47. The minimum absolute atomic E-state index is 0.271. The zero-order valence-electron chi connectivity index (χ0n) is 17.9. The van der Waals surface area contributed by atoms with E-state index in [9.17, 15) is 14.1 Å². The van der Waals surface area contributed by atoms with Crippen molar-refractivity contribution in [2.45, 2.75) is 75.2 Å². The third-order valence-electron chi connectivity index (χ3n) is 5.23. The van der Waals surface area contributed by atoms with Crippen molar-refractivity contribution in [1.29, 1.82) is 0 Å². The number of nitrogens with one attached hydrogen (secondary N) is 1. The first-order chi connectivity index (χ1) is 14.5. The summed E-state index contributed by atoms with van der Waals surface area (Å²) in [7, 11) is -1.67. The largest absolute Gasteiger partial charge is 0.390 e. The summed E-state index contributed by atoms with van der Waals surface area (Å²) in [4.78, 5) is 19.9. The van der Waals surface area contributed by atoms with Gasteiger partial charge in [0.1, 0.15) is 25.8 Å². The molecular weight excluding hydrogens is 438 g/mol. The van der Waals surface area contributed by atoms with Crippen molar-refractivity contribution in [2.75, 3.05) is 5.32 Å². The molecule has 1 unspecified atom stereocenters. The highest BCUT2D eigenvalue weighted by molar-refractivity contribution is 7.85. The number of hydrogen-bond donors (Lipinski definition) is 5. The topological polar surface area (TPSA) is 164 Å². The molecule has 1 saturated carbocycles. The second kappa shape index (κ2) is 9.29. The maximum Gasteiger partial charge on any atom is 0.316 e. The van der Waals surface area contributed by atoms with E-state index in [0.717, 1.165) is 41.9 Å². The summed E-state index contributed by atoms with van der Waals surface area (Å²) in [5.41, 5.74) is 10.0. The van der Waals surface area contributed by atoms with Crippen LogP contribution in [-0.4, -0.2) is 30.4 Å². The molecule has 0 aliphatic heterocycles. The number of hydrogen-bond acceptors (Lipinski definition) is 7. The van der Waals surface area contributed by atoms with E-state index in [-0.39, 0.29) is 12.3 Å². The summed E-state index contributed by atoms with van der Waals surface area (Å²) in [6, 6.07) is -0.477. The number of rotatable bonds is 5. The van der Waals surface area contributed by atoms with Gasteiger partial charge in [0.15, 0.2) is 0 Å². The van der Waals surface area contributed by atoms with Crippen LogP contribution < -0.4 is 16.2 Å². The molecular formula is C20H29N5O4S2. The van der Waals surface area contributed by atoms with Gasteiger partial charge >= 0.3 is 6.03 Å². The van der Waals surface area contributed by atoms with Gasteiger partial charge in [-0.25, -0.2) is 19.1 Å². The predicted octanol–water partition coefficient (Wildman–Crippen LogP) is 2.09. The Morgan fingerprint density at radius 1 is 1.32 bits per heavy atom. The monoisotopic (exact) mass is 467 g/mol. The number of anilines is 1. The lowest BCUT2D eigenvalue weighted by Gasteiger charge is -2.15.